The van der Waals surface area contributed by atoms with Gasteiger partial charge in [-0.05, 0) is 0 Å². The average Bonchev–Trinajstić information content (AvgIpc) is 2.99. The van der Waals surface area contributed by atoms with E-state index in [1.165, 1.54) is 0 Å². The Morgan fingerprint density at radius 1 is 0.262 bits per heavy atom. The van der Waals surface area contributed by atoms with E-state index in [1.807, 2.05) is 0 Å². The number of rotatable bonds is 6. The fourth-order valence-electron chi connectivity index (χ4n) is 4.78. The number of nitrogens with zero attached hydrogens (tertiary/aromatic N) is 6. The molecule has 5 saturated heterocycles. The first-order valence-electron chi connectivity index (χ1n) is 8.19. The van der Waals surface area contributed by atoms with Gasteiger partial charge in [0.25, 0.3) is 0 Å². The van der Waals surface area contributed by atoms with E-state index < -0.39 is 125 Å². The molecule has 5 aliphatic rings. The molecule has 5 rings (SSSR count). The maximum absolute atomic E-state index is 12.1. The molecule has 0 unspecified atom stereocenters. The van der Waals surface area contributed by atoms with Crippen LogP contribution in [0.5, 0.6) is 0 Å². The Bertz CT molecular complexity index is 1470. The molecule has 0 spiro atoms. The van der Waals surface area contributed by atoms with Gasteiger partial charge in [0.15, 0.2) is 61.8 Å². The maximum Gasteiger partial charge on any atom is 1.00 e. The van der Waals surface area contributed by atoms with Crippen molar-refractivity contribution in [1.29, 1.82) is 0 Å². The fourth-order valence-corrected chi connectivity index (χ4v) is 10.8. The van der Waals surface area contributed by atoms with Crippen molar-refractivity contribution >= 4 is 61.8 Å². The molecule has 42 heavy (non-hydrogen) atoms. The molecule has 0 amide bonds. The molecule has 0 aromatic heterocycles. The van der Waals surface area contributed by atoms with Crippen LogP contribution in [-0.2, 0) is 61.8 Å². The quantitative estimate of drug-likeness (QED) is 0.177. The van der Waals surface area contributed by atoms with Crippen molar-refractivity contribution in [3.63, 3.8) is 0 Å². The van der Waals surface area contributed by atoms with Crippen LogP contribution in [0.25, 0.3) is 0 Å². The predicted octanol–water partition coefficient (Wildman–Crippen LogP) is -26.4. The Balaban J connectivity index is -0.00000253. The monoisotopic (exact) mass is 876 g/mol. The van der Waals surface area contributed by atoms with E-state index in [2.05, 4.69) is 0 Å². The molecule has 36 heteroatoms. The maximum atomic E-state index is 12.1. The zero-order valence-corrected chi connectivity index (χ0v) is 45.6. The van der Waals surface area contributed by atoms with E-state index in [9.17, 15) is 77.8 Å². The van der Waals surface area contributed by atoms with Crippen LogP contribution in [0.15, 0.2) is 0 Å². The first-order valence-corrected chi connectivity index (χ1v) is 16.4. The van der Waals surface area contributed by atoms with E-state index in [-0.39, 0.29) is 308 Å². The summed E-state index contributed by atoms with van der Waals surface area (Å²) in [6.45, 7) is 0. The SMILES string of the molecule is O=S(=O)([O-])N1C2C3N(S(=O)(=O)[O-])C1C1N(S(=O)(=O)[O-])C(C(N1S(=O)(=O)[O-])N3S(=O)(=O)[O-])N2S(=O)(=O)[O-].[K+].[K+].[K+].[K+].[K+].[K+]. The van der Waals surface area contributed by atoms with E-state index in [0.717, 1.165) is 0 Å². The minimum Gasteiger partial charge on any atom is -0.735 e. The Morgan fingerprint density at radius 3 is 0.381 bits per heavy atom. The summed E-state index contributed by atoms with van der Waals surface area (Å²) in [6, 6.07) is 0. The summed E-state index contributed by atoms with van der Waals surface area (Å²) < 4.78 is 211. The van der Waals surface area contributed by atoms with Crippen LogP contribution in [0.3, 0.4) is 0 Å². The van der Waals surface area contributed by atoms with Crippen molar-refractivity contribution in [3.05, 3.63) is 0 Å². The topological polar surface area (TPSA) is 363 Å². The van der Waals surface area contributed by atoms with Gasteiger partial charge in [-0.3, -0.25) is 0 Å². The van der Waals surface area contributed by atoms with Gasteiger partial charge in [-0.25, -0.2) is 50.5 Å². The van der Waals surface area contributed by atoms with Crippen molar-refractivity contribution in [3.8, 4) is 0 Å². The second-order valence-corrected chi connectivity index (χ2v) is 14.9. The van der Waals surface area contributed by atoms with Crippen molar-refractivity contribution in [2.45, 2.75) is 37.0 Å². The molecule has 24 nitrogen and oxygen atoms in total. The van der Waals surface area contributed by atoms with E-state index in [1.54, 1.807) is 0 Å². The molecule has 210 valence electrons. The normalized spacial score (nSPS) is 31.0. The van der Waals surface area contributed by atoms with Crippen LogP contribution < -0.4 is 308 Å². The first kappa shape index (κ1) is 55.4. The van der Waals surface area contributed by atoms with Gasteiger partial charge in [-0.2, -0.15) is 25.8 Å². The smallest absolute Gasteiger partial charge is 0.735 e. The van der Waals surface area contributed by atoms with Gasteiger partial charge in [-0.1, -0.05) is 0 Å². The Kier molecular flexibility index (Phi) is 24.2. The summed E-state index contributed by atoms with van der Waals surface area (Å²) >= 11 is 0. The molecule has 5 fully saturated rings. The van der Waals surface area contributed by atoms with Crippen LogP contribution >= 0.6 is 0 Å². The van der Waals surface area contributed by atoms with Gasteiger partial charge in [0.05, 0.1) is 0 Å². The molecule has 6 bridgehead atoms. The molecule has 0 aromatic carbocycles. The van der Waals surface area contributed by atoms with Crippen molar-refractivity contribution in [2.75, 3.05) is 0 Å². The third-order valence-corrected chi connectivity index (χ3v) is 11.2. The van der Waals surface area contributed by atoms with Gasteiger partial charge in [0, 0.05) is 0 Å². The minimum absolute atomic E-state index is 0. The molecular weight excluding hydrogens is 871 g/mol. The number of hydrogen-bond donors (Lipinski definition) is 0. The first-order chi connectivity index (χ1) is 15.7. The summed E-state index contributed by atoms with van der Waals surface area (Å²) in [4.78, 5) is 0. The summed E-state index contributed by atoms with van der Waals surface area (Å²) in [7, 11) is -38.9. The van der Waals surface area contributed by atoms with E-state index >= 15 is 0 Å². The summed E-state index contributed by atoms with van der Waals surface area (Å²) in [5.74, 6) is 0. The molecule has 5 aliphatic heterocycles. The molecule has 0 aliphatic carbocycles. The van der Waals surface area contributed by atoms with Gasteiger partial charge in [-0.15, -0.1) is 0 Å². The molecule has 0 N–H and O–H groups in total. The van der Waals surface area contributed by atoms with Crippen LogP contribution in [0, 0.1) is 0 Å². The molecule has 0 saturated carbocycles. The van der Waals surface area contributed by atoms with Crippen molar-refractivity contribution in [1.82, 2.24) is 25.8 Å². The molecule has 0 radical (unpaired) electrons. The van der Waals surface area contributed by atoms with Crippen LogP contribution in [0.2, 0.25) is 0 Å². The summed E-state index contributed by atoms with van der Waals surface area (Å²) in [5, 5.41) is 0. The van der Waals surface area contributed by atoms with Crippen LogP contribution in [0.4, 0.5) is 0 Å². The molecule has 0 atom stereocenters. The number of hydrogen-bond acceptors (Lipinski definition) is 18. The van der Waals surface area contributed by atoms with E-state index in [4.69, 9.17) is 0 Å². The van der Waals surface area contributed by atoms with Crippen LogP contribution in [0.1, 0.15) is 0 Å². The van der Waals surface area contributed by atoms with E-state index in [0.29, 0.717) is 0 Å². The minimum atomic E-state index is -6.49. The Hall–Kier alpha value is 9.04. The molecule has 0 aromatic rings. The fraction of sp³-hybridized carbons (Fsp3) is 1.00. The summed E-state index contributed by atoms with van der Waals surface area (Å²) in [5.41, 5.74) is 0. The van der Waals surface area contributed by atoms with Gasteiger partial charge in [0.1, 0.15) is 37.0 Å². The van der Waals surface area contributed by atoms with Gasteiger partial charge < -0.3 is 27.3 Å². The third-order valence-electron chi connectivity index (χ3n) is 5.48. The van der Waals surface area contributed by atoms with Crippen molar-refractivity contribution < 1.29 is 386 Å². The van der Waals surface area contributed by atoms with Gasteiger partial charge >= 0.3 is 308 Å². The van der Waals surface area contributed by atoms with Crippen LogP contribution in [-0.4, -0.2) is 141 Å². The predicted molar refractivity (Wildman–Crippen MR) is 91.9 cm³/mol. The molecule has 5 heterocycles. The zero-order valence-electron chi connectivity index (χ0n) is 21.9. The third kappa shape index (κ3) is 10.3. The van der Waals surface area contributed by atoms with Crippen molar-refractivity contribution in [2.24, 2.45) is 0 Å². The Morgan fingerprint density at radius 2 is 0.333 bits per heavy atom. The largest absolute Gasteiger partial charge is 1.00 e. The second-order valence-electron chi connectivity index (χ2n) is 7.21. The number of piperazine rings is 1. The average molecular weight is 877 g/mol. The zero-order chi connectivity index (χ0) is 27.9. The summed E-state index contributed by atoms with van der Waals surface area (Å²) in [6.07, 6.45) is -20.4. The second kappa shape index (κ2) is 18.3. The standard InChI is InChI=1S/C6H12N6O18S6.6K/c13-31(14,15)7-1-2-8(32(16,17)18)5(7)6-9(33(19,20)21)3(11(1)35(25,26)27)4(10(6)34(22,23)24)12(2)36(28,29)30;;;;;;/h1-6H,(H,13,14,15)(H,16,17,18)(H,19,20,21)(H,22,23,24)(H,25,26,27)(H,28,29,30);;;;;;/q;6*+1/p-6. The van der Waals surface area contributed by atoms with Gasteiger partial charge in [0.2, 0.25) is 0 Å². The molecular formula is C6H6K6N6O18S6. The Labute approximate surface area is 495 Å².